The Hall–Kier alpha value is -1.52. The summed E-state index contributed by atoms with van der Waals surface area (Å²) in [6.07, 6.45) is 44.1. The quantitative estimate of drug-likeness (QED) is 0.0262. The number of carbonyl (C=O) groups is 3. The van der Waals surface area contributed by atoms with Crippen molar-refractivity contribution in [2.75, 3.05) is 19.8 Å². The number of aliphatic carboxylic acids is 1. The zero-order valence-corrected chi connectivity index (χ0v) is 39.7. The maximum absolute atomic E-state index is 12.3. The van der Waals surface area contributed by atoms with Crippen molar-refractivity contribution in [1.82, 2.24) is 5.32 Å². The lowest BCUT2D eigenvalue weighted by Gasteiger charge is -2.18. The molecule has 0 saturated heterocycles. The van der Waals surface area contributed by atoms with Gasteiger partial charge < -0.3 is 25.2 Å². The zero-order chi connectivity index (χ0) is 44.2. The average Bonchev–Trinajstić information content (AvgIpc) is 3.22. The van der Waals surface area contributed by atoms with Crippen molar-refractivity contribution in [1.29, 1.82) is 0 Å². The zero-order valence-electron chi connectivity index (χ0n) is 38.8. The summed E-state index contributed by atoms with van der Waals surface area (Å²) in [4.78, 5) is 46.0. The van der Waals surface area contributed by atoms with Crippen LogP contribution in [0.2, 0.25) is 0 Å². The second-order valence-electron chi connectivity index (χ2n) is 17.4. The van der Waals surface area contributed by atoms with Gasteiger partial charge in [-0.05, 0) is 12.8 Å². The number of rotatable bonds is 48. The normalized spacial score (nSPS) is 13.5. The van der Waals surface area contributed by atoms with Crippen LogP contribution in [-0.2, 0) is 32.7 Å². The number of carboxylic acid groups (broad SMARTS) is 1. The topological polar surface area (TPSA) is 169 Å². The molecule has 0 aliphatic carbocycles. The molecule has 0 aliphatic rings. The Bertz CT molecular complexity index is 1030. The van der Waals surface area contributed by atoms with Crippen LogP contribution < -0.4 is 5.32 Å². The molecule has 0 heterocycles. The first kappa shape index (κ1) is 58.5. The predicted octanol–water partition coefficient (Wildman–Crippen LogP) is 13.5. The first-order valence-electron chi connectivity index (χ1n) is 25.1. The number of nitrogens with one attached hydrogen (secondary N) is 1. The molecule has 0 spiro atoms. The molecule has 0 saturated carbocycles. The Labute approximate surface area is 367 Å². The lowest BCUT2D eigenvalue weighted by atomic mass is 10.0. The predicted molar refractivity (Wildman–Crippen MR) is 245 cm³/mol. The molecule has 11 nitrogen and oxygen atoms in total. The van der Waals surface area contributed by atoms with Crippen LogP contribution in [0.1, 0.15) is 258 Å². The Kier molecular flexibility index (Phi) is 43.0. The number of ether oxygens (including phenoxy) is 1. The van der Waals surface area contributed by atoms with Gasteiger partial charge in [-0.15, -0.1) is 0 Å². The molecule has 356 valence electrons. The molecule has 0 radical (unpaired) electrons. The first-order valence-corrected chi connectivity index (χ1v) is 26.6. The molecule has 0 rings (SSSR count). The average molecular weight is 876 g/mol. The molecule has 3 unspecified atom stereocenters. The molecule has 0 aliphatic heterocycles. The molecule has 0 fully saturated rings. The van der Waals surface area contributed by atoms with Gasteiger partial charge in [0, 0.05) is 12.8 Å². The van der Waals surface area contributed by atoms with E-state index in [1.165, 1.54) is 180 Å². The van der Waals surface area contributed by atoms with Gasteiger partial charge in [0.15, 0.2) is 6.04 Å². The lowest BCUT2D eigenvalue weighted by molar-refractivity contribution is -0.147. The summed E-state index contributed by atoms with van der Waals surface area (Å²) in [5.74, 6) is -2.35. The number of aliphatic hydroxyl groups is 1. The largest absolute Gasteiger partial charge is 0.480 e. The van der Waals surface area contributed by atoms with Crippen LogP contribution in [-0.4, -0.2) is 64.9 Å². The van der Waals surface area contributed by atoms with Gasteiger partial charge in [-0.1, -0.05) is 232 Å². The number of hydrogen-bond acceptors (Lipinski definition) is 8. The van der Waals surface area contributed by atoms with E-state index < -0.39 is 57.6 Å². The first-order chi connectivity index (χ1) is 29.1. The molecule has 0 aromatic heterocycles. The van der Waals surface area contributed by atoms with Gasteiger partial charge >= 0.3 is 19.8 Å². The summed E-state index contributed by atoms with van der Waals surface area (Å²) in [5, 5.41) is 21.9. The summed E-state index contributed by atoms with van der Waals surface area (Å²) >= 11 is 0. The highest BCUT2D eigenvalue weighted by Gasteiger charge is 2.28. The summed E-state index contributed by atoms with van der Waals surface area (Å²) in [5.41, 5.74) is 0. The molecule has 3 atom stereocenters. The molecule has 0 aromatic rings. The number of phosphoric ester groups is 1. The Morgan fingerprint density at radius 3 is 1.10 bits per heavy atom. The fourth-order valence-corrected chi connectivity index (χ4v) is 8.27. The number of carboxylic acids is 1. The van der Waals surface area contributed by atoms with Gasteiger partial charge in [0.2, 0.25) is 5.91 Å². The molecule has 60 heavy (non-hydrogen) atoms. The number of aliphatic hydroxyl groups excluding tert-OH is 1. The minimum absolute atomic E-state index is 0.153. The third kappa shape index (κ3) is 43.1. The van der Waals surface area contributed by atoms with Gasteiger partial charge in [0.25, 0.3) is 0 Å². The summed E-state index contributed by atoms with van der Waals surface area (Å²) in [6, 6.07) is -1.54. The SMILES string of the molecule is CCCCCCCCCCCCCCCCCCCCCCCC(=O)OCC(O)COP(=O)(O)OCC(NC(=O)CCCCCCCCCCCCCCCCC)C(=O)O. The van der Waals surface area contributed by atoms with E-state index in [4.69, 9.17) is 13.8 Å². The number of esters is 1. The highest BCUT2D eigenvalue weighted by atomic mass is 31.2. The minimum atomic E-state index is -4.75. The van der Waals surface area contributed by atoms with Crippen LogP contribution in [0.5, 0.6) is 0 Å². The molecular formula is C48H94NO10P. The molecule has 0 aromatic carbocycles. The van der Waals surface area contributed by atoms with E-state index >= 15 is 0 Å². The van der Waals surface area contributed by atoms with Crippen LogP contribution in [0.3, 0.4) is 0 Å². The standard InChI is InChI=1S/C48H94NO10P/c1-3-5-7-9-11-13-15-17-19-20-21-22-23-24-26-28-30-32-34-36-38-40-47(52)57-41-44(50)42-58-60(55,56)59-43-45(48(53)54)49-46(51)39-37-35-33-31-29-27-25-18-16-14-12-10-8-6-4-2/h44-45,50H,3-43H2,1-2H3,(H,49,51)(H,53,54)(H,55,56). The maximum atomic E-state index is 12.3. The number of hydrogen-bond donors (Lipinski definition) is 4. The van der Waals surface area contributed by atoms with E-state index in [2.05, 4.69) is 19.2 Å². The fraction of sp³-hybridized carbons (Fsp3) is 0.938. The van der Waals surface area contributed by atoms with Crippen molar-refractivity contribution in [3.63, 3.8) is 0 Å². The highest BCUT2D eigenvalue weighted by Crippen LogP contribution is 2.43. The van der Waals surface area contributed by atoms with Crippen LogP contribution in [0, 0.1) is 0 Å². The van der Waals surface area contributed by atoms with Crippen molar-refractivity contribution in [3.8, 4) is 0 Å². The molecule has 4 N–H and O–H groups in total. The number of carbonyl (C=O) groups excluding carboxylic acids is 2. The Balaban J connectivity index is 3.77. The molecular weight excluding hydrogens is 781 g/mol. The van der Waals surface area contributed by atoms with Gasteiger partial charge in [-0.2, -0.15) is 0 Å². The van der Waals surface area contributed by atoms with Crippen LogP contribution in [0.25, 0.3) is 0 Å². The Morgan fingerprint density at radius 1 is 0.467 bits per heavy atom. The molecule has 0 bridgehead atoms. The number of unbranched alkanes of at least 4 members (excludes halogenated alkanes) is 34. The summed E-state index contributed by atoms with van der Waals surface area (Å²) in [7, 11) is -4.75. The lowest BCUT2D eigenvalue weighted by Crippen LogP contribution is -2.43. The van der Waals surface area contributed by atoms with Gasteiger partial charge in [-0.3, -0.25) is 18.6 Å². The van der Waals surface area contributed by atoms with Crippen molar-refractivity contribution < 1.29 is 47.8 Å². The van der Waals surface area contributed by atoms with E-state index in [1.807, 2.05) is 0 Å². The highest BCUT2D eigenvalue weighted by molar-refractivity contribution is 7.47. The van der Waals surface area contributed by atoms with Gasteiger partial charge in [0.05, 0.1) is 13.2 Å². The van der Waals surface area contributed by atoms with Crippen molar-refractivity contribution in [2.24, 2.45) is 0 Å². The third-order valence-electron chi connectivity index (χ3n) is 11.4. The third-order valence-corrected chi connectivity index (χ3v) is 12.3. The monoisotopic (exact) mass is 876 g/mol. The molecule has 12 heteroatoms. The van der Waals surface area contributed by atoms with E-state index in [0.29, 0.717) is 12.8 Å². The van der Waals surface area contributed by atoms with E-state index in [1.54, 1.807) is 0 Å². The van der Waals surface area contributed by atoms with Crippen molar-refractivity contribution >= 4 is 25.7 Å². The maximum Gasteiger partial charge on any atom is 0.472 e. The van der Waals surface area contributed by atoms with Crippen LogP contribution in [0.15, 0.2) is 0 Å². The second kappa shape index (κ2) is 44.1. The summed E-state index contributed by atoms with van der Waals surface area (Å²) < 4.78 is 26.9. The van der Waals surface area contributed by atoms with Crippen LogP contribution in [0.4, 0.5) is 0 Å². The fourth-order valence-electron chi connectivity index (χ4n) is 7.50. The van der Waals surface area contributed by atoms with Gasteiger partial charge in [-0.25, -0.2) is 9.36 Å². The number of phosphoric acid groups is 1. The van der Waals surface area contributed by atoms with Crippen molar-refractivity contribution in [2.45, 2.75) is 270 Å². The Morgan fingerprint density at radius 2 is 0.767 bits per heavy atom. The van der Waals surface area contributed by atoms with Crippen LogP contribution >= 0.6 is 7.82 Å². The van der Waals surface area contributed by atoms with E-state index in [0.717, 1.165) is 38.5 Å². The smallest absolute Gasteiger partial charge is 0.472 e. The van der Waals surface area contributed by atoms with E-state index in [-0.39, 0.29) is 12.8 Å². The van der Waals surface area contributed by atoms with Crippen molar-refractivity contribution in [3.05, 3.63) is 0 Å². The van der Waals surface area contributed by atoms with Gasteiger partial charge in [0.1, 0.15) is 12.7 Å². The number of amides is 1. The van der Waals surface area contributed by atoms with E-state index in [9.17, 15) is 34.1 Å². The second-order valence-corrected chi connectivity index (χ2v) is 18.8. The summed E-state index contributed by atoms with van der Waals surface area (Å²) in [6.45, 7) is 2.65. The molecule has 1 amide bonds. The minimum Gasteiger partial charge on any atom is -0.480 e.